The molecule has 0 saturated carbocycles. The predicted molar refractivity (Wildman–Crippen MR) is 82.1 cm³/mol. The number of fused-ring (bicyclic) bond motifs is 1. The molecule has 0 amide bonds. The number of hydrogen-bond donors (Lipinski definition) is 0. The van der Waals surface area contributed by atoms with Gasteiger partial charge in [0.15, 0.2) is 0 Å². The van der Waals surface area contributed by atoms with E-state index in [9.17, 15) is 22.8 Å². The molecular weight excluding hydrogens is 318 g/mol. The Bertz CT molecular complexity index is 870. The second-order valence-corrected chi connectivity index (χ2v) is 5.53. The predicted octanol–water partition coefficient (Wildman–Crippen LogP) is 3.38. The minimum absolute atomic E-state index is 0.0654. The fourth-order valence-corrected chi connectivity index (χ4v) is 2.66. The summed E-state index contributed by atoms with van der Waals surface area (Å²) in [7, 11) is 0. The Balaban J connectivity index is 1.94. The van der Waals surface area contributed by atoms with Crippen molar-refractivity contribution in [3.05, 3.63) is 69.8 Å². The molecule has 0 unspecified atom stereocenters. The number of nitrogens with zero attached hydrogens (tertiary/aromatic N) is 1. The summed E-state index contributed by atoms with van der Waals surface area (Å²) in [6, 6.07) is 6.52. The van der Waals surface area contributed by atoms with Gasteiger partial charge in [-0.2, -0.15) is 0 Å². The quantitative estimate of drug-likeness (QED) is 0.849. The van der Waals surface area contributed by atoms with Gasteiger partial charge in [-0.1, -0.05) is 0 Å². The summed E-state index contributed by atoms with van der Waals surface area (Å²) in [4.78, 5) is 28.4. The molecule has 3 rings (SSSR count). The van der Waals surface area contributed by atoms with Gasteiger partial charge < -0.3 is 0 Å². The molecule has 1 aliphatic carbocycles. The molecule has 0 saturated heterocycles. The van der Waals surface area contributed by atoms with Crippen LogP contribution in [0.15, 0.2) is 47.6 Å². The second kappa shape index (κ2) is 5.81. The molecule has 0 N–H and O–H groups in total. The Morgan fingerprint density at radius 1 is 1.08 bits per heavy atom. The Morgan fingerprint density at radius 2 is 1.71 bits per heavy atom. The van der Waals surface area contributed by atoms with Crippen LogP contribution in [0.25, 0.3) is 0 Å². The van der Waals surface area contributed by atoms with Crippen molar-refractivity contribution in [2.24, 2.45) is 0 Å². The summed E-state index contributed by atoms with van der Waals surface area (Å²) in [6.07, 6.45) is -3.36. The van der Waals surface area contributed by atoms with Gasteiger partial charge in [-0.3, -0.25) is 0 Å². The molecule has 0 atom stereocenters. The van der Waals surface area contributed by atoms with E-state index in [0.29, 0.717) is 27.8 Å². The number of Topliss-reactive ketones (excluding diaryl/α,β-unsaturated/α-hetero) is 2. The third kappa shape index (κ3) is 2.82. The summed E-state index contributed by atoms with van der Waals surface area (Å²) in [6.45, 7) is 2.43. The number of alkyl halides is 3. The zero-order chi connectivity index (χ0) is 17.5. The summed E-state index contributed by atoms with van der Waals surface area (Å²) in [5.41, 5.74) is 0.738. The fraction of sp³-hybridized carbons (Fsp3) is 0.176. The van der Waals surface area contributed by atoms with E-state index in [1.54, 1.807) is 31.2 Å². The normalized spacial score (nSPS) is 14.7. The average Bonchev–Trinajstić information content (AvgIpc) is 2.56. The zero-order valence-corrected chi connectivity index (χ0v) is 12.6. The standard InChI is InChI=1S/C17H11BF3NO2/c1-9-13(6-10-7-18-16(22-8-10)17(19,20)21)15(24)12-5-3-2-4-11(12)14(9)23/h2-5,7-8H,6H2,1H3. The van der Waals surface area contributed by atoms with Crippen LogP contribution in [0.1, 0.15) is 38.8 Å². The van der Waals surface area contributed by atoms with Crippen molar-refractivity contribution < 1.29 is 22.8 Å². The van der Waals surface area contributed by atoms with Crippen molar-refractivity contribution in [1.82, 2.24) is 4.98 Å². The van der Waals surface area contributed by atoms with Gasteiger partial charge in [0.2, 0.25) is 0 Å². The Labute approximate surface area is 136 Å². The zero-order valence-electron chi connectivity index (χ0n) is 12.6. The molecule has 24 heavy (non-hydrogen) atoms. The van der Waals surface area contributed by atoms with Crippen LogP contribution in [0.2, 0.25) is 0 Å². The second-order valence-electron chi connectivity index (χ2n) is 5.53. The molecule has 0 fully saturated rings. The van der Waals surface area contributed by atoms with Gasteiger partial charge in [0.1, 0.15) is 0 Å². The first kappa shape index (κ1) is 16.3. The first-order valence-electron chi connectivity index (χ1n) is 7.19. The fourth-order valence-electron chi connectivity index (χ4n) is 2.66. The minimum atomic E-state index is -4.51. The number of carbonyl (C=O) groups is 2. The maximum atomic E-state index is 12.6. The Kier molecular flexibility index (Phi) is 3.95. The summed E-state index contributed by atoms with van der Waals surface area (Å²) < 4.78 is 37.6. The third-order valence-electron chi connectivity index (χ3n) is 3.98. The molecule has 0 aliphatic heterocycles. The van der Waals surface area contributed by atoms with Crippen molar-refractivity contribution in [1.29, 1.82) is 0 Å². The van der Waals surface area contributed by atoms with Crippen molar-refractivity contribution in [2.75, 3.05) is 0 Å². The van der Waals surface area contributed by atoms with Crippen molar-refractivity contribution >= 4 is 18.5 Å². The average molecular weight is 329 g/mol. The SMILES string of the molecule is CC1=C(Cc2cbc(C(F)(F)F)nc2)C(=O)c2ccccc2C1=O. The van der Waals surface area contributed by atoms with E-state index in [0.717, 1.165) is 13.1 Å². The number of aromatic nitrogens is 1. The molecule has 3 nitrogen and oxygen atoms in total. The third-order valence-corrected chi connectivity index (χ3v) is 3.98. The molecule has 7 heteroatoms. The molecule has 120 valence electrons. The number of ketones is 2. The number of carbonyl (C=O) groups excluding carboxylic acids is 2. The van der Waals surface area contributed by atoms with Crippen LogP contribution in [-0.2, 0) is 12.6 Å². The molecule has 1 heterocycles. The first-order valence-corrected chi connectivity index (χ1v) is 7.19. The summed E-state index contributed by atoms with van der Waals surface area (Å²) in [5, 5.41) is 0. The van der Waals surface area contributed by atoms with Crippen molar-refractivity contribution in [2.45, 2.75) is 19.5 Å². The molecule has 0 spiro atoms. The van der Waals surface area contributed by atoms with E-state index in [2.05, 4.69) is 4.98 Å². The van der Waals surface area contributed by atoms with E-state index < -0.39 is 11.8 Å². The van der Waals surface area contributed by atoms with Gasteiger partial charge in [-0.15, -0.1) is 0 Å². The Morgan fingerprint density at radius 3 is 2.25 bits per heavy atom. The Hall–Kier alpha value is -2.57. The van der Waals surface area contributed by atoms with Crippen LogP contribution >= 0.6 is 0 Å². The number of allylic oxidation sites excluding steroid dienone is 2. The molecular formula is C17H11BF3NO2. The molecule has 1 aromatic carbocycles. The van der Waals surface area contributed by atoms with Crippen molar-refractivity contribution in [3.63, 3.8) is 0 Å². The van der Waals surface area contributed by atoms with Gasteiger partial charge >= 0.3 is 136 Å². The molecule has 2 aromatic rings. The molecule has 0 bridgehead atoms. The van der Waals surface area contributed by atoms with E-state index in [1.165, 1.54) is 5.96 Å². The molecule has 1 aliphatic rings. The number of benzene rings is 1. The van der Waals surface area contributed by atoms with Gasteiger partial charge in [0.05, 0.1) is 0 Å². The van der Waals surface area contributed by atoms with Crippen LogP contribution in [0, 0.1) is 0 Å². The van der Waals surface area contributed by atoms with E-state index in [4.69, 9.17) is 0 Å². The van der Waals surface area contributed by atoms with Crippen molar-refractivity contribution in [3.8, 4) is 0 Å². The van der Waals surface area contributed by atoms with Crippen LogP contribution in [-0.4, -0.2) is 23.5 Å². The molecule has 1 aromatic heterocycles. The van der Waals surface area contributed by atoms with Crippen LogP contribution in [0.3, 0.4) is 0 Å². The monoisotopic (exact) mass is 329 g/mol. The summed E-state index contributed by atoms with van der Waals surface area (Å²) in [5.74, 6) is 0.761. The van der Waals surface area contributed by atoms with Crippen LogP contribution < -0.4 is 0 Å². The number of rotatable bonds is 2. The van der Waals surface area contributed by atoms with Gasteiger partial charge in [-0.25, -0.2) is 0 Å². The summed E-state index contributed by atoms with van der Waals surface area (Å²) >= 11 is 0. The van der Waals surface area contributed by atoms with E-state index >= 15 is 0 Å². The van der Waals surface area contributed by atoms with Gasteiger partial charge in [-0.05, 0) is 0 Å². The van der Waals surface area contributed by atoms with Crippen LogP contribution in [0.5, 0.6) is 0 Å². The van der Waals surface area contributed by atoms with Gasteiger partial charge in [0, 0.05) is 0 Å². The topological polar surface area (TPSA) is 47.0 Å². The van der Waals surface area contributed by atoms with Crippen LogP contribution in [0.4, 0.5) is 13.2 Å². The maximum absolute atomic E-state index is 12.6. The number of halogens is 3. The number of hydrogen-bond acceptors (Lipinski definition) is 3. The van der Waals surface area contributed by atoms with Gasteiger partial charge in [0.25, 0.3) is 0 Å². The van der Waals surface area contributed by atoms with E-state index in [-0.39, 0.29) is 18.0 Å². The van der Waals surface area contributed by atoms with E-state index in [1.807, 2.05) is 0 Å². The first-order chi connectivity index (χ1) is 11.3. The molecule has 0 radical (unpaired) electrons.